The van der Waals surface area contributed by atoms with Crippen molar-refractivity contribution >= 4 is 22.8 Å². The van der Waals surface area contributed by atoms with E-state index in [2.05, 4.69) is 4.98 Å². The number of amides is 2. The second-order valence-corrected chi connectivity index (χ2v) is 7.70. The van der Waals surface area contributed by atoms with E-state index >= 15 is 0 Å². The molecule has 2 fully saturated rings. The number of rotatable bonds is 3. The van der Waals surface area contributed by atoms with Crippen molar-refractivity contribution in [3.8, 4) is 0 Å². The maximum Gasteiger partial charge on any atom is 0.410 e. The van der Waals surface area contributed by atoms with E-state index in [1.165, 1.54) is 0 Å². The van der Waals surface area contributed by atoms with Crippen molar-refractivity contribution in [2.45, 2.75) is 12.0 Å². The summed E-state index contributed by atoms with van der Waals surface area (Å²) >= 11 is 0. The van der Waals surface area contributed by atoms with E-state index in [1.807, 2.05) is 65.6 Å². The van der Waals surface area contributed by atoms with Crippen LogP contribution >= 0.6 is 0 Å². The Morgan fingerprint density at radius 1 is 1.03 bits per heavy atom. The van der Waals surface area contributed by atoms with Gasteiger partial charge in [0.2, 0.25) is 0 Å². The molecule has 29 heavy (non-hydrogen) atoms. The molecule has 0 bridgehead atoms. The number of benzene rings is 2. The lowest BCUT2D eigenvalue weighted by molar-refractivity contribution is 0.0372. The summed E-state index contributed by atoms with van der Waals surface area (Å²) in [4.78, 5) is 33.7. The van der Waals surface area contributed by atoms with Gasteiger partial charge in [0.15, 0.2) is 0 Å². The third-order valence-corrected chi connectivity index (χ3v) is 5.88. The van der Waals surface area contributed by atoms with Crippen LogP contribution < -0.4 is 0 Å². The van der Waals surface area contributed by atoms with Gasteiger partial charge < -0.3 is 9.64 Å². The number of pyridine rings is 1. The lowest BCUT2D eigenvalue weighted by Crippen LogP contribution is -2.63. The zero-order valence-corrected chi connectivity index (χ0v) is 16.0. The average Bonchev–Trinajstić information content (AvgIpc) is 3.09. The summed E-state index contributed by atoms with van der Waals surface area (Å²) in [6.45, 7) is 1.64. The van der Waals surface area contributed by atoms with Gasteiger partial charge in [-0.15, -0.1) is 0 Å². The summed E-state index contributed by atoms with van der Waals surface area (Å²) < 4.78 is 5.41. The fourth-order valence-electron chi connectivity index (χ4n) is 4.45. The molecule has 0 radical (unpaired) electrons. The number of hydrogen-bond acceptors (Lipinski definition) is 4. The first-order valence-corrected chi connectivity index (χ1v) is 9.78. The number of cyclic esters (lactones) is 1. The molecule has 2 aliphatic rings. The summed E-state index contributed by atoms with van der Waals surface area (Å²) in [5.41, 5.74) is 1.03. The second kappa shape index (κ2) is 6.88. The SMILES string of the molecule is O=C(c1nccc2ccccc12)N1CCN2C(=O)OCC2(Cc2ccccc2)C1. The van der Waals surface area contributed by atoms with Gasteiger partial charge in [0, 0.05) is 37.6 Å². The quantitative estimate of drug-likeness (QED) is 0.693. The maximum atomic E-state index is 13.4. The Morgan fingerprint density at radius 2 is 1.83 bits per heavy atom. The first kappa shape index (κ1) is 17.7. The van der Waals surface area contributed by atoms with Crippen LogP contribution in [0.25, 0.3) is 10.8 Å². The van der Waals surface area contributed by atoms with E-state index in [-0.39, 0.29) is 18.6 Å². The Balaban J connectivity index is 1.47. The molecule has 1 atom stereocenters. The van der Waals surface area contributed by atoms with Gasteiger partial charge in [-0.25, -0.2) is 4.79 Å². The van der Waals surface area contributed by atoms with Crippen LogP contribution in [0.3, 0.4) is 0 Å². The average molecular weight is 387 g/mol. The minimum atomic E-state index is -0.545. The molecule has 1 unspecified atom stereocenters. The van der Waals surface area contributed by atoms with Crippen molar-refractivity contribution in [1.29, 1.82) is 0 Å². The van der Waals surface area contributed by atoms with Crippen molar-refractivity contribution in [2.75, 3.05) is 26.2 Å². The molecule has 2 aromatic carbocycles. The standard InChI is InChI=1S/C23H21N3O3/c27-21(20-19-9-5-4-8-18(19)10-11-24-20)25-12-13-26-22(28)29-16-23(26,15-25)14-17-6-2-1-3-7-17/h1-11H,12-16H2. The molecule has 2 aliphatic heterocycles. The minimum absolute atomic E-state index is 0.103. The zero-order chi connectivity index (χ0) is 19.8. The predicted octanol–water partition coefficient (Wildman–Crippen LogP) is 3.12. The molecule has 0 spiro atoms. The summed E-state index contributed by atoms with van der Waals surface area (Å²) in [7, 11) is 0. The van der Waals surface area contributed by atoms with Crippen LogP contribution in [0, 0.1) is 0 Å². The smallest absolute Gasteiger partial charge is 0.410 e. The van der Waals surface area contributed by atoms with Gasteiger partial charge >= 0.3 is 6.09 Å². The Morgan fingerprint density at radius 3 is 2.69 bits per heavy atom. The molecule has 3 heterocycles. The van der Waals surface area contributed by atoms with E-state index < -0.39 is 5.54 Å². The second-order valence-electron chi connectivity index (χ2n) is 7.70. The van der Waals surface area contributed by atoms with Gasteiger partial charge in [0.25, 0.3) is 5.91 Å². The topological polar surface area (TPSA) is 62.7 Å². The molecule has 0 aliphatic carbocycles. The first-order valence-electron chi connectivity index (χ1n) is 9.78. The van der Waals surface area contributed by atoms with Crippen molar-refractivity contribution in [1.82, 2.24) is 14.8 Å². The maximum absolute atomic E-state index is 13.4. The highest BCUT2D eigenvalue weighted by molar-refractivity contribution is 6.05. The third-order valence-electron chi connectivity index (χ3n) is 5.88. The first-order chi connectivity index (χ1) is 14.2. The summed E-state index contributed by atoms with van der Waals surface area (Å²) in [6.07, 6.45) is 2.02. The summed E-state index contributed by atoms with van der Waals surface area (Å²) in [5, 5.41) is 1.83. The zero-order valence-electron chi connectivity index (χ0n) is 16.0. The Bertz CT molecular complexity index is 1080. The van der Waals surface area contributed by atoms with E-state index in [0.717, 1.165) is 16.3 Å². The lowest BCUT2D eigenvalue weighted by atomic mass is 9.88. The van der Waals surface area contributed by atoms with Gasteiger partial charge in [0.05, 0.1) is 0 Å². The summed E-state index contributed by atoms with van der Waals surface area (Å²) in [5.74, 6) is -0.103. The number of piperazine rings is 1. The Labute approximate surface area is 168 Å². The van der Waals surface area contributed by atoms with Crippen LogP contribution in [0.15, 0.2) is 66.9 Å². The number of aromatic nitrogens is 1. The highest BCUT2D eigenvalue weighted by Crippen LogP contribution is 2.33. The number of carbonyl (C=O) groups excluding carboxylic acids is 2. The molecular weight excluding hydrogens is 366 g/mol. The van der Waals surface area contributed by atoms with Crippen LogP contribution in [0.1, 0.15) is 16.1 Å². The molecule has 3 aromatic rings. The van der Waals surface area contributed by atoms with E-state index in [1.54, 1.807) is 11.1 Å². The van der Waals surface area contributed by atoms with Crippen LogP contribution in [0.4, 0.5) is 4.79 Å². The fraction of sp³-hybridized carbons (Fsp3) is 0.261. The predicted molar refractivity (Wildman–Crippen MR) is 109 cm³/mol. The minimum Gasteiger partial charge on any atom is -0.447 e. The number of nitrogens with zero attached hydrogens (tertiary/aromatic N) is 3. The van der Waals surface area contributed by atoms with Gasteiger partial charge in [-0.3, -0.25) is 14.7 Å². The van der Waals surface area contributed by atoms with Gasteiger partial charge in [-0.05, 0) is 17.0 Å². The van der Waals surface area contributed by atoms with E-state index in [4.69, 9.17) is 4.74 Å². The largest absolute Gasteiger partial charge is 0.447 e. The van der Waals surface area contributed by atoms with Crippen molar-refractivity contribution < 1.29 is 14.3 Å². The number of ether oxygens (including phenoxy) is 1. The Kier molecular flexibility index (Phi) is 4.19. The lowest BCUT2D eigenvalue weighted by Gasteiger charge is -2.44. The molecule has 0 saturated carbocycles. The number of fused-ring (bicyclic) bond motifs is 2. The van der Waals surface area contributed by atoms with Crippen molar-refractivity contribution in [2.24, 2.45) is 0 Å². The number of carbonyl (C=O) groups is 2. The molecule has 2 amide bonds. The molecule has 2 saturated heterocycles. The van der Waals surface area contributed by atoms with Gasteiger partial charge in [-0.1, -0.05) is 54.6 Å². The Hall–Kier alpha value is -3.41. The van der Waals surface area contributed by atoms with Crippen LogP contribution in [-0.4, -0.2) is 58.6 Å². The monoisotopic (exact) mass is 387 g/mol. The summed E-state index contributed by atoms with van der Waals surface area (Å²) in [6, 6.07) is 19.7. The molecular formula is C23H21N3O3. The van der Waals surface area contributed by atoms with Gasteiger partial charge in [0.1, 0.15) is 17.8 Å². The highest BCUT2D eigenvalue weighted by atomic mass is 16.6. The highest BCUT2D eigenvalue weighted by Gasteiger charge is 2.51. The van der Waals surface area contributed by atoms with Crippen LogP contribution in [-0.2, 0) is 11.2 Å². The van der Waals surface area contributed by atoms with E-state index in [0.29, 0.717) is 31.7 Å². The molecule has 6 nitrogen and oxygen atoms in total. The normalized spacial score (nSPS) is 21.2. The molecule has 146 valence electrons. The van der Waals surface area contributed by atoms with E-state index in [9.17, 15) is 9.59 Å². The molecule has 6 heteroatoms. The van der Waals surface area contributed by atoms with Crippen molar-refractivity contribution in [3.63, 3.8) is 0 Å². The number of hydrogen-bond donors (Lipinski definition) is 0. The van der Waals surface area contributed by atoms with Crippen molar-refractivity contribution in [3.05, 3.63) is 78.1 Å². The third kappa shape index (κ3) is 3.01. The fourth-order valence-corrected chi connectivity index (χ4v) is 4.45. The molecule has 5 rings (SSSR count). The molecule has 0 N–H and O–H groups in total. The van der Waals surface area contributed by atoms with Crippen LogP contribution in [0.2, 0.25) is 0 Å². The van der Waals surface area contributed by atoms with Crippen LogP contribution in [0.5, 0.6) is 0 Å². The van der Waals surface area contributed by atoms with Gasteiger partial charge in [-0.2, -0.15) is 0 Å². The molecule has 1 aromatic heterocycles.